The molecule has 5 nitrogen and oxygen atoms in total. The van der Waals surface area contributed by atoms with Crippen LogP contribution in [-0.4, -0.2) is 16.7 Å². The summed E-state index contributed by atoms with van der Waals surface area (Å²) in [5.41, 5.74) is 4.37. The van der Waals surface area contributed by atoms with Crippen molar-refractivity contribution < 1.29 is 9.21 Å². The highest BCUT2D eigenvalue weighted by Crippen LogP contribution is 2.35. The van der Waals surface area contributed by atoms with Crippen LogP contribution in [0.25, 0.3) is 17.0 Å². The summed E-state index contributed by atoms with van der Waals surface area (Å²) in [4.78, 5) is 12.6. The SMILES string of the molecule is O=C(N/N=C\c1ccc(-c2cc(Cl)c(Cl)cc2Cl)o1)c1ccccc1-n1cccc1. The second kappa shape index (κ2) is 8.79. The summed E-state index contributed by atoms with van der Waals surface area (Å²) in [6.45, 7) is 0. The predicted molar refractivity (Wildman–Crippen MR) is 120 cm³/mol. The van der Waals surface area contributed by atoms with Gasteiger partial charge in [-0.05, 0) is 48.5 Å². The molecule has 0 saturated carbocycles. The van der Waals surface area contributed by atoms with Crippen molar-refractivity contribution in [1.82, 2.24) is 9.99 Å². The maximum atomic E-state index is 12.6. The molecule has 8 heteroatoms. The first-order valence-corrected chi connectivity index (χ1v) is 9.97. The van der Waals surface area contributed by atoms with Gasteiger partial charge >= 0.3 is 0 Å². The van der Waals surface area contributed by atoms with Gasteiger partial charge in [-0.2, -0.15) is 5.10 Å². The molecule has 1 amide bonds. The fourth-order valence-corrected chi connectivity index (χ4v) is 3.52. The lowest BCUT2D eigenvalue weighted by molar-refractivity contribution is 0.0955. The van der Waals surface area contributed by atoms with Gasteiger partial charge in [-0.1, -0.05) is 46.9 Å². The number of nitrogens with zero attached hydrogens (tertiary/aromatic N) is 2. The number of aromatic nitrogens is 1. The van der Waals surface area contributed by atoms with E-state index < -0.39 is 0 Å². The van der Waals surface area contributed by atoms with Crippen molar-refractivity contribution in [3.8, 4) is 17.0 Å². The van der Waals surface area contributed by atoms with Crippen molar-refractivity contribution in [3.63, 3.8) is 0 Å². The van der Waals surface area contributed by atoms with E-state index >= 15 is 0 Å². The molecule has 4 rings (SSSR count). The second-order valence-corrected chi connectivity index (χ2v) is 7.48. The van der Waals surface area contributed by atoms with Crippen molar-refractivity contribution in [1.29, 1.82) is 0 Å². The molecule has 0 fully saturated rings. The van der Waals surface area contributed by atoms with Crippen LogP contribution >= 0.6 is 34.8 Å². The number of hydrazone groups is 1. The van der Waals surface area contributed by atoms with E-state index in [0.29, 0.717) is 37.7 Å². The lowest BCUT2D eigenvalue weighted by Crippen LogP contribution is -2.19. The molecule has 0 bridgehead atoms. The molecule has 2 aromatic carbocycles. The van der Waals surface area contributed by atoms with Crippen molar-refractivity contribution in [2.24, 2.45) is 5.10 Å². The van der Waals surface area contributed by atoms with E-state index in [1.54, 1.807) is 36.4 Å². The summed E-state index contributed by atoms with van der Waals surface area (Å²) in [7, 11) is 0. The summed E-state index contributed by atoms with van der Waals surface area (Å²) in [6.07, 6.45) is 5.15. The molecule has 0 aliphatic carbocycles. The fraction of sp³-hybridized carbons (Fsp3) is 0. The Labute approximate surface area is 187 Å². The van der Waals surface area contributed by atoms with E-state index in [0.717, 1.165) is 5.69 Å². The van der Waals surface area contributed by atoms with Crippen LogP contribution in [0.1, 0.15) is 16.1 Å². The monoisotopic (exact) mass is 457 g/mol. The minimum Gasteiger partial charge on any atom is -0.455 e. The Bertz CT molecular complexity index is 1230. The van der Waals surface area contributed by atoms with Gasteiger partial charge in [0.15, 0.2) is 0 Å². The molecule has 0 unspecified atom stereocenters. The number of para-hydroxylation sites is 1. The number of benzene rings is 2. The number of nitrogens with one attached hydrogen (secondary N) is 1. The lowest BCUT2D eigenvalue weighted by Gasteiger charge is -2.08. The third-order valence-electron chi connectivity index (χ3n) is 4.29. The third-order valence-corrected chi connectivity index (χ3v) is 5.33. The van der Waals surface area contributed by atoms with Crippen LogP contribution in [0.5, 0.6) is 0 Å². The van der Waals surface area contributed by atoms with Crippen LogP contribution in [0.2, 0.25) is 15.1 Å². The van der Waals surface area contributed by atoms with Crippen molar-refractivity contribution in [3.05, 3.63) is 99.4 Å². The number of carbonyl (C=O) groups excluding carboxylic acids is 1. The standard InChI is InChI=1S/C22H14Cl3N3O2/c23-17-12-19(25)18(24)11-16(17)21-8-7-14(30-21)13-26-27-22(29)15-5-1-2-6-20(15)28-9-3-4-10-28/h1-13H,(H,27,29)/b26-13-. The molecule has 0 saturated heterocycles. The molecule has 150 valence electrons. The van der Waals surface area contributed by atoms with Crippen molar-refractivity contribution in [2.75, 3.05) is 0 Å². The highest BCUT2D eigenvalue weighted by molar-refractivity contribution is 6.44. The fourth-order valence-electron chi connectivity index (χ4n) is 2.88. The maximum Gasteiger partial charge on any atom is 0.273 e. The molecule has 0 aliphatic heterocycles. The van der Waals surface area contributed by atoms with E-state index in [-0.39, 0.29) is 5.91 Å². The third kappa shape index (κ3) is 4.28. The number of carbonyl (C=O) groups is 1. The Morgan fingerprint density at radius 3 is 2.47 bits per heavy atom. The van der Waals surface area contributed by atoms with Crippen LogP contribution in [0.3, 0.4) is 0 Å². The molecule has 1 N–H and O–H groups in total. The highest BCUT2D eigenvalue weighted by atomic mass is 35.5. The molecule has 0 aliphatic rings. The van der Waals surface area contributed by atoms with Gasteiger partial charge in [-0.25, -0.2) is 5.43 Å². The Kier molecular flexibility index (Phi) is 5.95. The zero-order valence-electron chi connectivity index (χ0n) is 15.4. The molecule has 4 aromatic rings. The van der Waals surface area contributed by atoms with Crippen LogP contribution in [0.4, 0.5) is 0 Å². The summed E-state index contributed by atoms with van der Waals surface area (Å²) in [5.74, 6) is 0.602. The largest absolute Gasteiger partial charge is 0.455 e. The predicted octanol–water partition coefficient (Wildman–Crippen LogP) is 6.46. The maximum absolute atomic E-state index is 12.6. The number of hydrogen-bond donors (Lipinski definition) is 1. The highest BCUT2D eigenvalue weighted by Gasteiger charge is 2.13. The first-order chi connectivity index (χ1) is 14.5. The zero-order chi connectivity index (χ0) is 21.1. The Morgan fingerprint density at radius 2 is 1.67 bits per heavy atom. The van der Waals surface area contributed by atoms with Gasteiger partial charge in [0.1, 0.15) is 11.5 Å². The quantitative estimate of drug-likeness (QED) is 0.212. The lowest BCUT2D eigenvalue weighted by atomic mass is 10.1. The average molecular weight is 459 g/mol. The van der Waals surface area contributed by atoms with Gasteiger partial charge in [0.2, 0.25) is 0 Å². The van der Waals surface area contributed by atoms with Crippen LogP contribution in [0, 0.1) is 0 Å². The van der Waals surface area contributed by atoms with Crippen molar-refractivity contribution >= 4 is 46.9 Å². The molecule has 0 spiro atoms. The number of hydrogen-bond acceptors (Lipinski definition) is 3. The van der Waals surface area contributed by atoms with Gasteiger partial charge < -0.3 is 8.98 Å². The van der Waals surface area contributed by atoms with Crippen LogP contribution < -0.4 is 5.43 Å². The summed E-state index contributed by atoms with van der Waals surface area (Å²) in [6, 6.07) is 17.7. The molecule has 0 radical (unpaired) electrons. The molecule has 2 heterocycles. The van der Waals surface area contributed by atoms with Crippen molar-refractivity contribution in [2.45, 2.75) is 0 Å². The minimum atomic E-state index is -0.338. The van der Waals surface area contributed by atoms with Gasteiger partial charge in [0.05, 0.1) is 32.5 Å². The van der Waals surface area contributed by atoms with Gasteiger partial charge in [-0.15, -0.1) is 0 Å². The topological polar surface area (TPSA) is 59.5 Å². The number of rotatable bonds is 5. The molecule has 2 aromatic heterocycles. The van der Waals surface area contributed by atoms with E-state index in [9.17, 15) is 4.79 Å². The average Bonchev–Trinajstić information content (AvgIpc) is 3.43. The van der Waals surface area contributed by atoms with Gasteiger partial charge in [-0.3, -0.25) is 4.79 Å². The second-order valence-electron chi connectivity index (χ2n) is 6.25. The van der Waals surface area contributed by atoms with E-state index in [4.69, 9.17) is 39.2 Å². The van der Waals surface area contributed by atoms with Crippen LogP contribution in [0.15, 0.2) is 82.6 Å². The number of amides is 1. The first-order valence-electron chi connectivity index (χ1n) is 8.83. The van der Waals surface area contributed by atoms with Gasteiger partial charge in [0, 0.05) is 18.0 Å². The minimum absolute atomic E-state index is 0.338. The Hall–Kier alpha value is -2.99. The van der Waals surface area contributed by atoms with Gasteiger partial charge in [0.25, 0.3) is 5.91 Å². The number of furan rings is 1. The molecule has 30 heavy (non-hydrogen) atoms. The summed E-state index contributed by atoms with van der Waals surface area (Å²) in [5, 5.41) is 5.14. The Balaban J connectivity index is 1.49. The van der Waals surface area contributed by atoms with E-state index in [2.05, 4.69) is 10.5 Å². The summed E-state index contributed by atoms with van der Waals surface area (Å²) >= 11 is 18.2. The first kappa shape index (κ1) is 20.3. The normalized spacial score (nSPS) is 11.2. The van der Waals surface area contributed by atoms with E-state index in [1.807, 2.05) is 41.2 Å². The zero-order valence-corrected chi connectivity index (χ0v) is 17.6. The van der Waals surface area contributed by atoms with Crippen LogP contribution in [-0.2, 0) is 0 Å². The Morgan fingerprint density at radius 1 is 0.933 bits per heavy atom. The smallest absolute Gasteiger partial charge is 0.273 e. The molecular weight excluding hydrogens is 445 g/mol. The molecular formula is C22H14Cl3N3O2. The molecule has 0 atom stereocenters. The number of halogens is 3. The van der Waals surface area contributed by atoms with E-state index in [1.165, 1.54) is 6.21 Å². The summed E-state index contributed by atoms with van der Waals surface area (Å²) < 4.78 is 7.58.